The predicted molar refractivity (Wildman–Crippen MR) is 46.9 cm³/mol. The predicted octanol–water partition coefficient (Wildman–Crippen LogP) is 1.74. The minimum atomic E-state index is -4.52. The third kappa shape index (κ3) is 4.27. The largest absolute Gasteiger partial charge is 0.475 e. The lowest BCUT2D eigenvalue weighted by atomic mass is 10.3. The van der Waals surface area contributed by atoms with Gasteiger partial charge in [-0.05, 0) is 12.1 Å². The van der Waals surface area contributed by atoms with Gasteiger partial charge in [-0.2, -0.15) is 13.2 Å². The number of hydrogen-bond donors (Lipinski definition) is 1. The van der Waals surface area contributed by atoms with Crippen LogP contribution in [-0.2, 0) is 4.74 Å². The number of ether oxygens (including phenoxy) is 1. The van der Waals surface area contributed by atoms with Gasteiger partial charge in [-0.3, -0.25) is 4.79 Å². The molecule has 17 heavy (non-hydrogen) atoms. The summed E-state index contributed by atoms with van der Waals surface area (Å²) >= 11 is 0. The molecule has 0 fully saturated rings. The summed E-state index contributed by atoms with van der Waals surface area (Å²) in [5.41, 5.74) is 0. The lowest BCUT2D eigenvalue weighted by molar-refractivity contribution is -0.171. The molecule has 0 saturated heterocycles. The van der Waals surface area contributed by atoms with E-state index in [4.69, 9.17) is 5.11 Å². The van der Waals surface area contributed by atoms with Crippen molar-refractivity contribution in [3.63, 3.8) is 0 Å². The van der Waals surface area contributed by atoms with Gasteiger partial charge < -0.3 is 14.3 Å². The van der Waals surface area contributed by atoms with Gasteiger partial charge in [-0.1, -0.05) is 0 Å². The summed E-state index contributed by atoms with van der Waals surface area (Å²) in [4.78, 5) is 21.6. The highest BCUT2D eigenvalue weighted by atomic mass is 19.4. The molecule has 1 N–H and O–H groups in total. The van der Waals surface area contributed by atoms with Crippen LogP contribution >= 0.6 is 0 Å². The average Bonchev–Trinajstić information content (AvgIpc) is 2.63. The zero-order valence-corrected chi connectivity index (χ0v) is 8.28. The zero-order chi connectivity index (χ0) is 13.1. The quantitative estimate of drug-likeness (QED) is 0.807. The van der Waals surface area contributed by atoms with E-state index in [1.165, 1.54) is 0 Å². The van der Waals surface area contributed by atoms with Gasteiger partial charge in [-0.25, -0.2) is 4.79 Å². The zero-order valence-electron chi connectivity index (χ0n) is 8.28. The minimum Gasteiger partial charge on any atom is -0.475 e. The van der Waals surface area contributed by atoms with Gasteiger partial charge in [0.2, 0.25) is 11.5 Å². The summed E-state index contributed by atoms with van der Waals surface area (Å²) in [5.74, 6) is -3.06. The normalized spacial score (nSPS) is 11.5. The summed E-state index contributed by atoms with van der Waals surface area (Å²) in [5, 5.41) is 8.48. The lowest BCUT2D eigenvalue weighted by Crippen LogP contribution is -2.20. The first kappa shape index (κ1) is 13.2. The van der Waals surface area contributed by atoms with Crippen molar-refractivity contribution in [2.24, 2.45) is 0 Å². The molecule has 1 aromatic rings. The number of Topliss-reactive ketones (excluding diaryl/α,β-unsaturated/α-hetero) is 1. The van der Waals surface area contributed by atoms with Crippen molar-refractivity contribution in [3.8, 4) is 0 Å². The Labute approximate surface area is 92.8 Å². The van der Waals surface area contributed by atoms with Gasteiger partial charge in [0, 0.05) is 0 Å². The number of carbonyl (C=O) groups excluding carboxylic acids is 1. The fourth-order valence-corrected chi connectivity index (χ4v) is 0.933. The maximum absolute atomic E-state index is 11.7. The number of ketones is 1. The summed E-state index contributed by atoms with van der Waals surface area (Å²) in [6.45, 7) is -2.38. The molecule has 1 aromatic heterocycles. The first-order valence-corrected chi connectivity index (χ1v) is 4.30. The van der Waals surface area contributed by atoms with E-state index in [0.29, 0.717) is 0 Å². The Morgan fingerprint density at radius 2 is 1.88 bits per heavy atom. The third-order valence-corrected chi connectivity index (χ3v) is 1.59. The summed E-state index contributed by atoms with van der Waals surface area (Å²) in [7, 11) is 0. The monoisotopic (exact) mass is 252 g/mol. The first-order chi connectivity index (χ1) is 7.79. The van der Waals surface area contributed by atoms with Crippen molar-refractivity contribution in [3.05, 3.63) is 23.7 Å². The Morgan fingerprint density at radius 1 is 1.29 bits per heavy atom. The van der Waals surface area contributed by atoms with Crippen LogP contribution in [0.4, 0.5) is 13.2 Å². The molecule has 0 unspecified atom stereocenters. The van der Waals surface area contributed by atoms with Crippen molar-refractivity contribution < 1.29 is 37.0 Å². The van der Waals surface area contributed by atoms with Gasteiger partial charge >= 0.3 is 12.1 Å². The van der Waals surface area contributed by atoms with Crippen LogP contribution in [0.1, 0.15) is 21.1 Å². The number of aromatic carboxylic acids is 1. The number of furan rings is 1. The highest BCUT2D eigenvalue weighted by Crippen LogP contribution is 2.15. The topological polar surface area (TPSA) is 76.7 Å². The van der Waals surface area contributed by atoms with Gasteiger partial charge in [0.05, 0.1) is 0 Å². The van der Waals surface area contributed by atoms with Gasteiger partial charge in [0.15, 0.2) is 5.76 Å². The fourth-order valence-electron chi connectivity index (χ4n) is 0.933. The van der Waals surface area contributed by atoms with E-state index >= 15 is 0 Å². The first-order valence-electron chi connectivity index (χ1n) is 4.30. The Bertz CT molecular complexity index is 421. The number of carbonyl (C=O) groups is 2. The molecule has 94 valence electrons. The lowest BCUT2D eigenvalue weighted by Gasteiger charge is -2.05. The molecule has 0 aliphatic rings. The van der Waals surface area contributed by atoms with Crippen LogP contribution in [0.5, 0.6) is 0 Å². The van der Waals surface area contributed by atoms with Crippen LogP contribution in [0, 0.1) is 0 Å². The maximum atomic E-state index is 11.7. The molecular weight excluding hydrogens is 245 g/mol. The SMILES string of the molecule is O=C(O)c1ccc(C(=O)COCC(F)(F)F)o1. The van der Waals surface area contributed by atoms with Crippen molar-refractivity contribution >= 4 is 11.8 Å². The van der Waals surface area contributed by atoms with Crippen LogP contribution < -0.4 is 0 Å². The number of alkyl halides is 3. The van der Waals surface area contributed by atoms with E-state index in [9.17, 15) is 22.8 Å². The van der Waals surface area contributed by atoms with E-state index in [-0.39, 0.29) is 5.76 Å². The second-order valence-corrected chi connectivity index (χ2v) is 3.00. The molecule has 1 rings (SSSR count). The molecule has 0 radical (unpaired) electrons. The molecule has 0 amide bonds. The van der Waals surface area contributed by atoms with Gasteiger partial charge in [0.1, 0.15) is 13.2 Å². The molecular formula is C9H7F3O5. The average molecular weight is 252 g/mol. The van der Waals surface area contributed by atoms with Crippen LogP contribution in [-0.4, -0.2) is 36.2 Å². The highest BCUT2D eigenvalue weighted by molar-refractivity contribution is 5.95. The van der Waals surface area contributed by atoms with Crippen LogP contribution in [0.15, 0.2) is 16.5 Å². The second-order valence-electron chi connectivity index (χ2n) is 3.00. The smallest absolute Gasteiger partial charge is 0.411 e. The molecule has 5 nitrogen and oxygen atoms in total. The summed E-state index contributed by atoms with van der Waals surface area (Å²) in [6, 6.07) is 2.09. The van der Waals surface area contributed by atoms with Crippen LogP contribution in [0.25, 0.3) is 0 Å². The van der Waals surface area contributed by atoms with E-state index < -0.39 is 36.9 Å². The summed E-state index contributed by atoms with van der Waals surface area (Å²) in [6.07, 6.45) is -4.52. The van der Waals surface area contributed by atoms with Crippen molar-refractivity contribution in [1.29, 1.82) is 0 Å². The van der Waals surface area contributed by atoms with E-state index in [1.54, 1.807) is 0 Å². The van der Waals surface area contributed by atoms with E-state index in [2.05, 4.69) is 9.15 Å². The molecule has 0 saturated carbocycles. The van der Waals surface area contributed by atoms with E-state index in [0.717, 1.165) is 12.1 Å². The number of hydrogen-bond acceptors (Lipinski definition) is 4. The van der Waals surface area contributed by atoms with Crippen LogP contribution in [0.2, 0.25) is 0 Å². The molecule has 0 spiro atoms. The Hall–Kier alpha value is -1.83. The number of carboxylic acid groups (broad SMARTS) is 1. The fraction of sp³-hybridized carbons (Fsp3) is 0.333. The second kappa shape index (κ2) is 5.00. The van der Waals surface area contributed by atoms with Crippen molar-refractivity contribution in [2.75, 3.05) is 13.2 Å². The third-order valence-electron chi connectivity index (χ3n) is 1.59. The van der Waals surface area contributed by atoms with Crippen LogP contribution in [0.3, 0.4) is 0 Å². The van der Waals surface area contributed by atoms with Gasteiger partial charge in [0.25, 0.3) is 0 Å². The Balaban J connectivity index is 2.50. The summed E-state index contributed by atoms with van der Waals surface area (Å²) < 4.78 is 43.7. The molecule has 1 heterocycles. The van der Waals surface area contributed by atoms with Crippen molar-refractivity contribution in [2.45, 2.75) is 6.18 Å². The molecule has 0 aromatic carbocycles. The maximum Gasteiger partial charge on any atom is 0.411 e. The number of carboxylic acids is 1. The van der Waals surface area contributed by atoms with E-state index in [1.807, 2.05) is 0 Å². The number of rotatable bonds is 5. The number of halogens is 3. The van der Waals surface area contributed by atoms with Crippen molar-refractivity contribution in [1.82, 2.24) is 0 Å². The molecule has 0 aliphatic carbocycles. The Kier molecular flexibility index (Phi) is 3.89. The molecule has 0 aliphatic heterocycles. The molecule has 8 heteroatoms. The molecule has 0 atom stereocenters. The minimum absolute atomic E-state index is 0.357. The standard InChI is InChI=1S/C9H7F3O5/c10-9(11,12)4-16-3-5(13)6-1-2-7(17-6)8(14)15/h1-2H,3-4H2,(H,14,15). The highest BCUT2D eigenvalue weighted by Gasteiger charge is 2.28. The molecule has 0 bridgehead atoms. The van der Waals surface area contributed by atoms with Gasteiger partial charge in [-0.15, -0.1) is 0 Å². The Morgan fingerprint density at radius 3 is 2.35 bits per heavy atom.